The van der Waals surface area contributed by atoms with Crippen LogP contribution in [0, 0.1) is 28.6 Å². The second-order valence-electron chi connectivity index (χ2n) is 9.64. The standard InChI is InChI=1S/C21H31IO3/c1-12(23)21(25)18(22)11-17-15-5-4-13-10-14(24)6-8-19(13,2)16(15)7-9-20(17,21)3/h4,14-18,24-25H,5-11H2,1-3H3. The molecule has 0 aromatic rings. The Hall–Kier alpha value is 0.0600. The summed E-state index contributed by atoms with van der Waals surface area (Å²) in [6, 6.07) is 0. The van der Waals surface area contributed by atoms with Crippen LogP contribution in [0.2, 0.25) is 0 Å². The number of halogens is 1. The van der Waals surface area contributed by atoms with E-state index < -0.39 is 5.60 Å². The van der Waals surface area contributed by atoms with Crippen LogP contribution in [0.1, 0.15) is 65.7 Å². The van der Waals surface area contributed by atoms with Crippen molar-refractivity contribution < 1.29 is 15.0 Å². The molecule has 0 heterocycles. The van der Waals surface area contributed by atoms with Crippen LogP contribution >= 0.6 is 22.6 Å². The zero-order valence-corrected chi connectivity index (χ0v) is 17.8. The lowest BCUT2D eigenvalue weighted by molar-refractivity contribution is -0.157. The lowest BCUT2D eigenvalue weighted by Gasteiger charge is -2.58. The molecule has 3 saturated carbocycles. The van der Waals surface area contributed by atoms with Gasteiger partial charge in [0.15, 0.2) is 5.78 Å². The topological polar surface area (TPSA) is 57.5 Å². The van der Waals surface area contributed by atoms with E-state index in [-0.39, 0.29) is 26.6 Å². The minimum Gasteiger partial charge on any atom is -0.393 e. The Morgan fingerprint density at radius 1 is 1.24 bits per heavy atom. The lowest BCUT2D eigenvalue weighted by atomic mass is 9.47. The van der Waals surface area contributed by atoms with Crippen molar-refractivity contribution in [3.05, 3.63) is 11.6 Å². The Kier molecular flexibility index (Phi) is 4.26. The van der Waals surface area contributed by atoms with Crippen LogP contribution in [0.4, 0.5) is 0 Å². The molecule has 4 rings (SSSR count). The SMILES string of the molecule is CC(=O)C1(O)C(I)CC2C3CC=C4CC(O)CCC4(C)C3CCC21C. The summed E-state index contributed by atoms with van der Waals surface area (Å²) < 4.78 is 0.0164. The first kappa shape index (κ1) is 18.4. The zero-order chi connectivity index (χ0) is 18.2. The first-order valence-electron chi connectivity index (χ1n) is 9.89. The summed E-state index contributed by atoms with van der Waals surface area (Å²) in [5.41, 5.74) is 0.224. The fourth-order valence-corrected chi connectivity index (χ4v) is 8.94. The molecule has 0 aromatic carbocycles. The van der Waals surface area contributed by atoms with Crippen LogP contribution in [0.3, 0.4) is 0 Å². The van der Waals surface area contributed by atoms with Crippen molar-refractivity contribution in [3.63, 3.8) is 0 Å². The first-order chi connectivity index (χ1) is 11.6. The highest BCUT2D eigenvalue weighted by molar-refractivity contribution is 14.1. The lowest BCUT2D eigenvalue weighted by Crippen LogP contribution is -2.58. The van der Waals surface area contributed by atoms with Crippen LogP contribution in [-0.2, 0) is 4.79 Å². The van der Waals surface area contributed by atoms with E-state index in [2.05, 4.69) is 42.5 Å². The van der Waals surface area contributed by atoms with Gasteiger partial charge in [-0.1, -0.05) is 48.1 Å². The monoisotopic (exact) mass is 458 g/mol. The van der Waals surface area contributed by atoms with Crippen molar-refractivity contribution in [2.24, 2.45) is 28.6 Å². The summed E-state index contributed by atoms with van der Waals surface area (Å²) in [7, 11) is 0. The van der Waals surface area contributed by atoms with Gasteiger partial charge in [0, 0.05) is 9.34 Å². The molecule has 0 aliphatic heterocycles. The van der Waals surface area contributed by atoms with Crippen molar-refractivity contribution >= 4 is 28.4 Å². The number of hydrogen-bond donors (Lipinski definition) is 2. The molecular weight excluding hydrogens is 427 g/mol. The van der Waals surface area contributed by atoms with Crippen molar-refractivity contribution in [3.8, 4) is 0 Å². The molecule has 4 aliphatic carbocycles. The maximum Gasteiger partial charge on any atom is 0.162 e. The highest BCUT2D eigenvalue weighted by Crippen LogP contribution is 2.68. The molecule has 0 spiro atoms. The van der Waals surface area contributed by atoms with E-state index in [4.69, 9.17) is 0 Å². The Balaban J connectivity index is 1.72. The van der Waals surface area contributed by atoms with Gasteiger partial charge in [0.2, 0.25) is 0 Å². The number of allylic oxidation sites excluding steroid dienone is 1. The third-order valence-electron chi connectivity index (χ3n) is 8.79. The number of carbonyl (C=O) groups is 1. The molecule has 0 saturated heterocycles. The number of hydrogen-bond acceptors (Lipinski definition) is 3. The minimum atomic E-state index is -1.17. The van der Waals surface area contributed by atoms with Crippen LogP contribution in [0.5, 0.6) is 0 Å². The Morgan fingerprint density at radius 2 is 1.96 bits per heavy atom. The molecule has 3 nitrogen and oxygen atoms in total. The van der Waals surface area contributed by atoms with E-state index >= 15 is 0 Å². The zero-order valence-electron chi connectivity index (χ0n) is 15.6. The number of alkyl halides is 1. The Morgan fingerprint density at radius 3 is 2.64 bits per heavy atom. The summed E-state index contributed by atoms with van der Waals surface area (Å²) in [5.74, 6) is 1.57. The summed E-state index contributed by atoms with van der Waals surface area (Å²) in [6.45, 7) is 6.17. The van der Waals surface area contributed by atoms with Gasteiger partial charge in [-0.05, 0) is 75.0 Å². The van der Waals surface area contributed by atoms with Gasteiger partial charge >= 0.3 is 0 Å². The predicted molar refractivity (Wildman–Crippen MR) is 107 cm³/mol. The van der Waals surface area contributed by atoms with Gasteiger partial charge in [0.1, 0.15) is 5.60 Å². The van der Waals surface area contributed by atoms with Gasteiger partial charge in [0.05, 0.1) is 6.10 Å². The van der Waals surface area contributed by atoms with Crippen molar-refractivity contribution in [1.29, 1.82) is 0 Å². The number of carbonyl (C=O) groups excluding carboxylic acids is 1. The van der Waals surface area contributed by atoms with E-state index in [9.17, 15) is 15.0 Å². The van der Waals surface area contributed by atoms with Crippen LogP contribution in [0.15, 0.2) is 11.6 Å². The summed E-state index contributed by atoms with van der Waals surface area (Å²) in [6.07, 6.45) is 9.12. The van der Waals surface area contributed by atoms with E-state index in [0.717, 1.165) is 44.9 Å². The van der Waals surface area contributed by atoms with Crippen molar-refractivity contribution in [2.75, 3.05) is 0 Å². The van der Waals surface area contributed by atoms with E-state index in [1.54, 1.807) is 6.92 Å². The number of ketones is 1. The van der Waals surface area contributed by atoms with Gasteiger partial charge in [-0.15, -0.1) is 0 Å². The van der Waals surface area contributed by atoms with E-state index in [0.29, 0.717) is 17.8 Å². The number of rotatable bonds is 1. The summed E-state index contributed by atoms with van der Waals surface area (Å²) in [5, 5.41) is 21.5. The Labute approximate surface area is 164 Å². The second kappa shape index (κ2) is 5.78. The molecule has 140 valence electrons. The smallest absolute Gasteiger partial charge is 0.162 e. The fourth-order valence-electron chi connectivity index (χ4n) is 7.24. The largest absolute Gasteiger partial charge is 0.393 e. The average molecular weight is 458 g/mol. The van der Waals surface area contributed by atoms with Crippen LogP contribution in [-0.4, -0.2) is 31.6 Å². The Bertz CT molecular complexity index is 631. The van der Waals surface area contributed by atoms with Crippen LogP contribution in [0.25, 0.3) is 0 Å². The predicted octanol–water partition coefficient (Wildman–Crippen LogP) is 4.04. The molecule has 8 unspecified atom stereocenters. The highest BCUT2D eigenvalue weighted by atomic mass is 127. The molecule has 0 amide bonds. The first-order valence-corrected chi connectivity index (χ1v) is 11.1. The number of fused-ring (bicyclic) bond motifs is 5. The number of aliphatic hydroxyl groups excluding tert-OH is 1. The van der Waals surface area contributed by atoms with Gasteiger partial charge in [0.25, 0.3) is 0 Å². The molecule has 4 aliphatic rings. The maximum atomic E-state index is 12.4. The van der Waals surface area contributed by atoms with Gasteiger partial charge in [-0.25, -0.2) is 0 Å². The van der Waals surface area contributed by atoms with Gasteiger partial charge < -0.3 is 10.2 Å². The molecule has 0 aromatic heterocycles. The normalized spacial score (nSPS) is 55.0. The van der Waals surface area contributed by atoms with E-state index in [1.165, 1.54) is 5.57 Å². The number of aliphatic hydroxyl groups is 2. The average Bonchev–Trinajstić information content (AvgIpc) is 2.77. The molecule has 2 N–H and O–H groups in total. The molecular formula is C21H31IO3. The third-order valence-corrected chi connectivity index (χ3v) is 10.2. The molecule has 0 bridgehead atoms. The fraction of sp³-hybridized carbons (Fsp3) is 0.857. The molecule has 3 fully saturated rings. The summed E-state index contributed by atoms with van der Waals surface area (Å²) >= 11 is 2.33. The van der Waals surface area contributed by atoms with Gasteiger partial charge in [-0.3, -0.25) is 4.79 Å². The number of Topliss-reactive ketones (excluding diaryl/α,β-unsaturated/α-hetero) is 1. The highest BCUT2D eigenvalue weighted by Gasteiger charge is 2.68. The van der Waals surface area contributed by atoms with E-state index in [1.807, 2.05) is 0 Å². The van der Waals surface area contributed by atoms with Crippen molar-refractivity contribution in [1.82, 2.24) is 0 Å². The molecule has 8 atom stereocenters. The quantitative estimate of drug-likeness (QED) is 0.354. The summed E-state index contributed by atoms with van der Waals surface area (Å²) in [4.78, 5) is 12.4. The van der Waals surface area contributed by atoms with Crippen LogP contribution < -0.4 is 0 Å². The molecule has 25 heavy (non-hydrogen) atoms. The maximum absolute atomic E-state index is 12.4. The molecule has 0 radical (unpaired) electrons. The second-order valence-corrected chi connectivity index (χ2v) is 11.1. The van der Waals surface area contributed by atoms with Crippen molar-refractivity contribution in [2.45, 2.75) is 81.3 Å². The molecule has 4 heteroatoms. The minimum absolute atomic E-state index is 0.0164. The third kappa shape index (κ3) is 2.25. The van der Waals surface area contributed by atoms with Gasteiger partial charge in [-0.2, -0.15) is 0 Å².